The number of amides is 1. The predicted molar refractivity (Wildman–Crippen MR) is 85.0 cm³/mol. The monoisotopic (exact) mass is 304 g/mol. The molecule has 1 aliphatic heterocycles. The molecule has 3 atom stereocenters. The Labute approximate surface area is 130 Å². The molecular formula is C17H24N2OS. The molecule has 21 heavy (non-hydrogen) atoms. The van der Waals surface area contributed by atoms with Gasteiger partial charge in [0.1, 0.15) is 11.7 Å². The second kappa shape index (κ2) is 5.10. The van der Waals surface area contributed by atoms with Crippen LogP contribution in [-0.4, -0.2) is 22.4 Å². The molecule has 0 radical (unpaired) electrons. The molecule has 0 aromatic carbocycles. The highest BCUT2D eigenvalue weighted by Gasteiger charge is 2.61. The molecule has 2 saturated carbocycles. The van der Waals surface area contributed by atoms with E-state index in [-0.39, 0.29) is 11.7 Å². The zero-order valence-corrected chi connectivity index (χ0v) is 13.5. The van der Waals surface area contributed by atoms with E-state index < -0.39 is 0 Å². The lowest BCUT2D eigenvalue weighted by molar-refractivity contribution is -0.135. The first kappa shape index (κ1) is 13.8. The van der Waals surface area contributed by atoms with Gasteiger partial charge >= 0.3 is 0 Å². The van der Waals surface area contributed by atoms with Crippen LogP contribution in [0.4, 0.5) is 0 Å². The fourth-order valence-electron chi connectivity index (χ4n) is 4.29. The minimum Gasteiger partial charge on any atom is -0.318 e. The van der Waals surface area contributed by atoms with Gasteiger partial charge in [0.05, 0.1) is 0 Å². The Balaban J connectivity index is 1.67. The van der Waals surface area contributed by atoms with E-state index in [4.69, 9.17) is 0 Å². The van der Waals surface area contributed by atoms with Crippen LogP contribution in [0, 0.1) is 5.92 Å². The molecule has 1 aromatic heterocycles. The van der Waals surface area contributed by atoms with Gasteiger partial charge in [-0.25, -0.2) is 0 Å². The van der Waals surface area contributed by atoms with E-state index in [0.29, 0.717) is 17.9 Å². The van der Waals surface area contributed by atoms with Crippen molar-refractivity contribution in [1.29, 1.82) is 0 Å². The molecular weight excluding hydrogens is 280 g/mol. The molecule has 3 fully saturated rings. The maximum atomic E-state index is 13.0. The first-order chi connectivity index (χ1) is 10.2. The zero-order valence-electron chi connectivity index (χ0n) is 12.7. The van der Waals surface area contributed by atoms with Crippen molar-refractivity contribution in [2.24, 2.45) is 5.92 Å². The number of hydrogen-bond donors (Lipinski definition) is 1. The SMILES string of the molecule is CCC1CCCCC1N1C(=O)C2(CC2)NC1c1ccsc1. The summed E-state index contributed by atoms with van der Waals surface area (Å²) in [5.74, 6) is 1.06. The molecule has 4 rings (SSSR count). The van der Waals surface area contributed by atoms with Crippen LogP contribution in [0.25, 0.3) is 0 Å². The fraction of sp³-hybridized carbons (Fsp3) is 0.706. The molecule has 1 N–H and O–H groups in total. The van der Waals surface area contributed by atoms with Crippen molar-refractivity contribution in [1.82, 2.24) is 10.2 Å². The largest absolute Gasteiger partial charge is 0.318 e. The van der Waals surface area contributed by atoms with Gasteiger partial charge in [-0.3, -0.25) is 10.1 Å². The topological polar surface area (TPSA) is 32.3 Å². The Hall–Kier alpha value is -0.870. The number of thiophene rings is 1. The van der Waals surface area contributed by atoms with Crippen LogP contribution in [0.15, 0.2) is 16.8 Å². The van der Waals surface area contributed by atoms with Crippen molar-refractivity contribution in [2.75, 3.05) is 0 Å². The highest BCUT2D eigenvalue weighted by molar-refractivity contribution is 7.08. The summed E-state index contributed by atoms with van der Waals surface area (Å²) in [5.41, 5.74) is 1.07. The van der Waals surface area contributed by atoms with Crippen molar-refractivity contribution in [3.63, 3.8) is 0 Å². The van der Waals surface area contributed by atoms with Crippen molar-refractivity contribution < 1.29 is 4.79 Å². The van der Waals surface area contributed by atoms with Gasteiger partial charge in [-0.1, -0.05) is 26.2 Å². The van der Waals surface area contributed by atoms with E-state index in [1.54, 1.807) is 11.3 Å². The smallest absolute Gasteiger partial charge is 0.244 e. The Morgan fingerprint density at radius 3 is 2.86 bits per heavy atom. The van der Waals surface area contributed by atoms with Crippen LogP contribution in [0.3, 0.4) is 0 Å². The molecule has 1 saturated heterocycles. The minimum absolute atomic E-state index is 0.114. The standard InChI is InChI=1S/C17H24N2OS/c1-2-12-5-3-4-6-14(12)19-15(13-7-10-21-11-13)18-17(8-9-17)16(19)20/h7,10-12,14-15,18H,2-6,8-9H2,1H3. The maximum absolute atomic E-state index is 13.0. The van der Waals surface area contributed by atoms with Crippen molar-refractivity contribution in [3.8, 4) is 0 Å². The van der Waals surface area contributed by atoms with Crippen LogP contribution in [0.2, 0.25) is 0 Å². The third-order valence-electron chi connectivity index (χ3n) is 5.69. The molecule has 3 unspecified atom stereocenters. The van der Waals surface area contributed by atoms with Gasteiger partial charge in [0.15, 0.2) is 0 Å². The molecule has 1 aromatic rings. The van der Waals surface area contributed by atoms with Gasteiger partial charge in [0, 0.05) is 6.04 Å². The number of rotatable bonds is 3. The Morgan fingerprint density at radius 2 is 2.19 bits per heavy atom. The first-order valence-electron chi connectivity index (χ1n) is 8.38. The van der Waals surface area contributed by atoms with E-state index >= 15 is 0 Å². The lowest BCUT2D eigenvalue weighted by Gasteiger charge is -2.40. The molecule has 3 aliphatic rings. The van der Waals surface area contributed by atoms with Crippen molar-refractivity contribution in [2.45, 2.75) is 69.6 Å². The first-order valence-corrected chi connectivity index (χ1v) is 9.32. The van der Waals surface area contributed by atoms with E-state index in [1.165, 1.54) is 37.7 Å². The molecule has 4 heteroatoms. The van der Waals surface area contributed by atoms with Crippen LogP contribution in [0.1, 0.15) is 63.6 Å². The van der Waals surface area contributed by atoms with Crippen LogP contribution in [0.5, 0.6) is 0 Å². The number of nitrogens with one attached hydrogen (secondary N) is 1. The Morgan fingerprint density at radius 1 is 1.38 bits per heavy atom. The minimum atomic E-state index is -0.206. The molecule has 3 nitrogen and oxygen atoms in total. The summed E-state index contributed by atoms with van der Waals surface area (Å²) in [7, 11) is 0. The van der Waals surface area contributed by atoms with E-state index in [9.17, 15) is 4.79 Å². The molecule has 2 aliphatic carbocycles. The van der Waals surface area contributed by atoms with Crippen LogP contribution in [-0.2, 0) is 4.79 Å². The lowest BCUT2D eigenvalue weighted by Crippen LogP contribution is -2.46. The quantitative estimate of drug-likeness (QED) is 0.924. The molecule has 1 spiro atoms. The summed E-state index contributed by atoms with van der Waals surface area (Å²) in [4.78, 5) is 15.3. The highest BCUT2D eigenvalue weighted by Crippen LogP contribution is 2.49. The van der Waals surface area contributed by atoms with E-state index in [0.717, 1.165) is 12.8 Å². The second-order valence-electron chi connectivity index (χ2n) is 6.92. The molecule has 114 valence electrons. The highest BCUT2D eigenvalue weighted by atomic mass is 32.1. The average Bonchev–Trinajstić information content (AvgIpc) is 2.98. The second-order valence-corrected chi connectivity index (χ2v) is 7.70. The number of hydrogen-bond acceptors (Lipinski definition) is 3. The predicted octanol–water partition coefficient (Wildman–Crippen LogP) is 3.68. The van der Waals surface area contributed by atoms with Crippen molar-refractivity contribution >= 4 is 17.2 Å². The van der Waals surface area contributed by atoms with E-state index in [2.05, 4.69) is 34.0 Å². The van der Waals surface area contributed by atoms with Crippen molar-refractivity contribution in [3.05, 3.63) is 22.4 Å². The van der Waals surface area contributed by atoms with Gasteiger partial charge in [-0.2, -0.15) is 11.3 Å². The fourth-order valence-corrected chi connectivity index (χ4v) is 4.97. The Bertz CT molecular complexity index is 523. The molecule has 0 bridgehead atoms. The zero-order chi connectivity index (χ0) is 14.4. The Kier molecular flexibility index (Phi) is 3.34. The lowest BCUT2D eigenvalue weighted by atomic mass is 9.81. The summed E-state index contributed by atoms with van der Waals surface area (Å²) in [6.07, 6.45) is 8.42. The summed E-state index contributed by atoms with van der Waals surface area (Å²) in [6.45, 7) is 2.28. The summed E-state index contributed by atoms with van der Waals surface area (Å²) >= 11 is 1.73. The average molecular weight is 304 g/mol. The maximum Gasteiger partial charge on any atom is 0.244 e. The molecule has 1 amide bonds. The molecule has 2 heterocycles. The normalized spacial score (nSPS) is 34.6. The van der Waals surface area contributed by atoms with Gasteiger partial charge in [-0.05, 0) is 54.0 Å². The number of carbonyl (C=O) groups is 1. The van der Waals surface area contributed by atoms with Gasteiger partial charge in [0.2, 0.25) is 5.91 Å². The summed E-state index contributed by atoms with van der Waals surface area (Å²) in [6, 6.07) is 2.61. The van der Waals surface area contributed by atoms with Gasteiger partial charge in [0.25, 0.3) is 0 Å². The number of nitrogens with zero attached hydrogens (tertiary/aromatic N) is 1. The van der Waals surface area contributed by atoms with Crippen LogP contribution < -0.4 is 5.32 Å². The summed E-state index contributed by atoms with van der Waals surface area (Å²) < 4.78 is 0. The van der Waals surface area contributed by atoms with Gasteiger partial charge < -0.3 is 4.90 Å². The third kappa shape index (κ3) is 2.15. The van der Waals surface area contributed by atoms with Gasteiger partial charge in [-0.15, -0.1) is 0 Å². The van der Waals surface area contributed by atoms with E-state index in [1.807, 2.05) is 0 Å². The van der Waals surface area contributed by atoms with Crippen LogP contribution >= 0.6 is 11.3 Å². The summed E-state index contributed by atoms with van der Waals surface area (Å²) in [5, 5.41) is 7.99. The number of carbonyl (C=O) groups excluding carboxylic acids is 1. The third-order valence-corrected chi connectivity index (χ3v) is 6.40.